The number of carbonyl (C=O) groups excluding carboxylic acids is 1. The lowest BCUT2D eigenvalue weighted by Gasteiger charge is -2.22. The molecule has 1 aliphatic rings. The van der Waals surface area contributed by atoms with E-state index in [0.717, 1.165) is 16.9 Å². The van der Waals surface area contributed by atoms with E-state index in [9.17, 15) is 13.2 Å². The minimum absolute atomic E-state index is 0.105. The third-order valence-electron chi connectivity index (χ3n) is 5.59. The van der Waals surface area contributed by atoms with E-state index in [-0.39, 0.29) is 10.8 Å². The molecule has 1 amide bonds. The Balaban J connectivity index is 1.52. The van der Waals surface area contributed by atoms with Crippen LogP contribution in [0.15, 0.2) is 71.6 Å². The Labute approximate surface area is 204 Å². The smallest absolute Gasteiger partial charge is 0.263 e. The summed E-state index contributed by atoms with van der Waals surface area (Å²) in [6.07, 6.45) is 0.0226. The van der Waals surface area contributed by atoms with Crippen molar-refractivity contribution in [2.24, 2.45) is 0 Å². The van der Waals surface area contributed by atoms with Gasteiger partial charge < -0.3 is 14.4 Å². The number of hydrogen-bond acceptors (Lipinski definition) is 5. The van der Waals surface area contributed by atoms with Gasteiger partial charge in [0.1, 0.15) is 11.5 Å². The minimum atomic E-state index is -3.79. The van der Waals surface area contributed by atoms with Crippen molar-refractivity contribution in [3.05, 3.63) is 82.9 Å². The summed E-state index contributed by atoms with van der Waals surface area (Å²) in [4.78, 5) is 14.8. The molecule has 0 saturated carbocycles. The summed E-state index contributed by atoms with van der Waals surface area (Å²) < 4.78 is 39.2. The number of sulfonamides is 1. The Kier molecular flexibility index (Phi) is 7.00. The predicted octanol–water partition coefficient (Wildman–Crippen LogP) is 4.50. The molecular weight excluding hydrogens is 476 g/mol. The first-order chi connectivity index (χ1) is 16.2. The van der Waals surface area contributed by atoms with E-state index in [0.29, 0.717) is 36.0 Å². The molecule has 1 aliphatic heterocycles. The van der Waals surface area contributed by atoms with E-state index in [4.69, 9.17) is 21.1 Å². The van der Waals surface area contributed by atoms with Crippen molar-refractivity contribution in [1.82, 2.24) is 4.90 Å². The number of ether oxygens (including phenoxy) is 2. The summed E-state index contributed by atoms with van der Waals surface area (Å²) >= 11 is 5.87. The van der Waals surface area contributed by atoms with Crippen LogP contribution < -0.4 is 14.2 Å². The maximum absolute atomic E-state index is 12.9. The normalized spacial score (nSPS) is 15.8. The topological polar surface area (TPSA) is 84.9 Å². The van der Waals surface area contributed by atoms with Gasteiger partial charge in [0.05, 0.1) is 12.0 Å². The molecule has 9 heteroatoms. The van der Waals surface area contributed by atoms with Crippen LogP contribution in [-0.4, -0.2) is 39.0 Å². The van der Waals surface area contributed by atoms with Gasteiger partial charge in [0.15, 0.2) is 6.10 Å². The summed E-state index contributed by atoms with van der Waals surface area (Å²) in [5.41, 5.74) is 2.19. The number of rotatable bonds is 7. The van der Waals surface area contributed by atoms with Crippen LogP contribution in [0, 0.1) is 0 Å². The van der Waals surface area contributed by atoms with Crippen molar-refractivity contribution < 1.29 is 22.7 Å². The zero-order valence-electron chi connectivity index (χ0n) is 18.8. The maximum Gasteiger partial charge on any atom is 0.263 e. The summed E-state index contributed by atoms with van der Waals surface area (Å²) in [5, 5.41) is 0.453. The van der Waals surface area contributed by atoms with Gasteiger partial charge in [0.2, 0.25) is 0 Å². The van der Waals surface area contributed by atoms with E-state index in [2.05, 4.69) is 4.72 Å². The second-order valence-electron chi connectivity index (χ2n) is 8.00. The monoisotopic (exact) mass is 500 g/mol. The number of hydrogen-bond donors (Lipinski definition) is 1. The van der Waals surface area contributed by atoms with Crippen LogP contribution in [0.1, 0.15) is 18.1 Å². The Morgan fingerprint density at radius 2 is 1.79 bits per heavy atom. The molecule has 0 fully saturated rings. The molecule has 1 atom stereocenters. The molecule has 0 spiro atoms. The first kappa shape index (κ1) is 23.9. The van der Waals surface area contributed by atoms with Crippen molar-refractivity contribution in [2.75, 3.05) is 18.4 Å². The zero-order chi connectivity index (χ0) is 24.3. The number of carbonyl (C=O) groups is 1. The zero-order valence-corrected chi connectivity index (χ0v) is 20.4. The molecule has 1 unspecified atom stereocenters. The van der Waals surface area contributed by atoms with Crippen LogP contribution in [0.2, 0.25) is 5.02 Å². The number of anilines is 1. The largest absolute Gasteiger partial charge is 0.497 e. The predicted molar refractivity (Wildman–Crippen MR) is 131 cm³/mol. The van der Waals surface area contributed by atoms with Crippen molar-refractivity contribution in [3.63, 3.8) is 0 Å². The lowest BCUT2D eigenvalue weighted by molar-refractivity contribution is -0.137. The molecule has 7 nitrogen and oxygen atoms in total. The van der Waals surface area contributed by atoms with E-state index in [1.54, 1.807) is 37.1 Å². The molecule has 1 heterocycles. The highest BCUT2D eigenvalue weighted by atomic mass is 35.5. The molecule has 0 radical (unpaired) electrons. The quantitative estimate of drug-likeness (QED) is 0.516. The number of nitrogens with one attached hydrogen (secondary N) is 1. The molecule has 3 aromatic rings. The first-order valence-corrected chi connectivity index (χ1v) is 12.6. The van der Waals surface area contributed by atoms with Crippen LogP contribution in [0.25, 0.3) is 0 Å². The van der Waals surface area contributed by atoms with Gasteiger partial charge in [0, 0.05) is 29.4 Å². The molecule has 34 heavy (non-hydrogen) atoms. The summed E-state index contributed by atoms with van der Waals surface area (Å²) in [6, 6.07) is 18.7. The number of nitrogens with zero attached hydrogens (tertiary/aromatic N) is 1. The average Bonchev–Trinajstić information content (AvgIpc) is 2.94. The fraction of sp³-hybridized carbons (Fsp3) is 0.240. The minimum Gasteiger partial charge on any atom is -0.497 e. The van der Waals surface area contributed by atoms with Gasteiger partial charge in [-0.05, 0) is 73.5 Å². The molecule has 0 bridgehead atoms. The molecule has 178 valence electrons. The summed E-state index contributed by atoms with van der Waals surface area (Å²) in [5.74, 6) is 1.22. The Morgan fingerprint density at radius 1 is 1.09 bits per heavy atom. The van der Waals surface area contributed by atoms with Gasteiger partial charge in [-0.25, -0.2) is 8.42 Å². The van der Waals surface area contributed by atoms with Crippen LogP contribution in [0.5, 0.6) is 11.5 Å². The highest BCUT2D eigenvalue weighted by Gasteiger charge is 2.28. The van der Waals surface area contributed by atoms with E-state index in [1.165, 1.54) is 24.3 Å². The summed E-state index contributed by atoms with van der Waals surface area (Å²) in [7, 11) is -2.17. The van der Waals surface area contributed by atoms with Gasteiger partial charge in [-0.15, -0.1) is 0 Å². The van der Waals surface area contributed by atoms with Crippen molar-refractivity contribution in [3.8, 4) is 11.5 Å². The molecule has 0 saturated heterocycles. The molecule has 3 aromatic carbocycles. The highest BCUT2D eigenvalue weighted by Crippen LogP contribution is 2.30. The fourth-order valence-corrected chi connectivity index (χ4v) is 4.91. The molecule has 4 rings (SSSR count). The summed E-state index contributed by atoms with van der Waals surface area (Å²) in [6.45, 7) is 2.53. The van der Waals surface area contributed by atoms with Crippen molar-refractivity contribution in [2.45, 2.75) is 30.9 Å². The Morgan fingerprint density at radius 3 is 2.47 bits per heavy atom. The molecule has 0 aromatic heterocycles. The average molecular weight is 501 g/mol. The number of methoxy groups -OCH3 is 1. The maximum atomic E-state index is 12.9. The van der Waals surface area contributed by atoms with Crippen molar-refractivity contribution >= 4 is 33.2 Å². The molecular formula is C25H25ClN2O5S. The molecule has 0 aliphatic carbocycles. The first-order valence-electron chi connectivity index (χ1n) is 10.7. The molecule has 1 N–H and O–H groups in total. The van der Waals surface area contributed by atoms with Gasteiger partial charge in [-0.2, -0.15) is 0 Å². The fourth-order valence-electron chi connectivity index (χ4n) is 3.74. The third kappa shape index (κ3) is 5.46. The number of amides is 1. The number of benzene rings is 3. The van der Waals surface area contributed by atoms with Crippen LogP contribution in [-0.2, 0) is 27.8 Å². The second kappa shape index (κ2) is 9.95. The van der Waals surface area contributed by atoms with Gasteiger partial charge in [0.25, 0.3) is 15.9 Å². The second-order valence-corrected chi connectivity index (χ2v) is 10.1. The SMILES string of the molecule is COc1ccc(CCN2Cc3cc(NS(=O)(=O)c4ccc(Cl)cc4)ccc3OC(C)C2=O)cc1. The van der Waals surface area contributed by atoms with E-state index < -0.39 is 16.1 Å². The van der Waals surface area contributed by atoms with E-state index >= 15 is 0 Å². The van der Waals surface area contributed by atoms with Crippen molar-refractivity contribution in [1.29, 1.82) is 0 Å². The number of fused-ring (bicyclic) bond motifs is 1. The van der Waals surface area contributed by atoms with Crippen LogP contribution in [0.4, 0.5) is 5.69 Å². The van der Waals surface area contributed by atoms with Gasteiger partial charge in [-0.1, -0.05) is 23.7 Å². The van der Waals surface area contributed by atoms with Gasteiger partial charge in [-0.3, -0.25) is 9.52 Å². The Bertz CT molecular complexity index is 1280. The number of halogens is 1. The highest BCUT2D eigenvalue weighted by molar-refractivity contribution is 7.92. The van der Waals surface area contributed by atoms with Crippen LogP contribution in [0.3, 0.4) is 0 Å². The van der Waals surface area contributed by atoms with Crippen LogP contribution >= 0.6 is 11.6 Å². The van der Waals surface area contributed by atoms with E-state index in [1.807, 2.05) is 24.3 Å². The third-order valence-corrected chi connectivity index (χ3v) is 7.24. The van der Waals surface area contributed by atoms with Gasteiger partial charge >= 0.3 is 0 Å². The Hall–Kier alpha value is -3.23. The lowest BCUT2D eigenvalue weighted by Crippen LogP contribution is -2.39. The lowest BCUT2D eigenvalue weighted by atomic mass is 10.1. The standard InChI is InChI=1S/C25H25ClN2O5S/c1-17-25(29)28(14-13-18-3-8-22(32-2)9-4-18)16-19-15-21(7-12-24(19)33-17)27-34(30,31)23-10-5-20(26)6-11-23/h3-12,15,17,27H,13-14,16H2,1-2H3.